The van der Waals surface area contributed by atoms with Crippen LogP contribution in [0.4, 0.5) is 17.7 Å². The normalized spacial score (nSPS) is 25.8. The van der Waals surface area contributed by atoms with Crippen molar-refractivity contribution in [3.63, 3.8) is 0 Å². The van der Waals surface area contributed by atoms with Crippen LogP contribution in [0, 0.1) is 0 Å². The Labute approximate surface area is 198 Å². The van der Waals surface area contributed by atoms with Crippen LogP contribution in [0.2, 0.25) is 0 Å². The first-order valence-corrected chi connectivity index (χ1v) is 11.6. The first-order valence-electron chi connectivity index (χ1n) is 11.6. The zero-order valence-electron chi connectivity index (χ0n) is 19.4. The third-order valence-electron chi connectivity index (χ3n) is 6.90. The van der Waals surface area contributed by atoms with Gasteiger partial charge in [0, 0.05) is 63.8 Å². The fraction of sp³-hybridized carbons (Fsp3) is 0.591. The number of nitrogen functional groups attached to an aromatic ring is 1. The Hall–Kier alpha value is -3.09. The highest BCUT2D eigenvalue weighted by Gasteiger charge is 2.44. The number of morpholine rings is 1. The van der Waals surface area contributed by atoms with Crippen LogP contribution < -0.4 is 16.0 Å². The summed E-state index contributed by atoms with van der Waals surface area (Å²) in [7, 11) is 1.84. The number of likely N-dealkylation sites (tertiary alicyclic amines) is 2. The van der Waals surface area contributed by atoms with Crippen LogP contribution in [0.3, 0.4) is 0 Å². The van der Waals surface area contributed by atoms with Crippen molar-refractivity contribution >= 4 is 23.6 Å². The maximum absolute atomic E-state index is 12.5. The van der Waals surface area contributed by atoms with Gasteiger partial charge in [-0.3, -0.25) is 9.69 Å². The van der Waals surface area contributed by atoms with E-state index in [0.29, 0.717) is 56.7 Å². The van der Waals surface area contributed by atoms with Gasteiger partial charge < -0.3 is 30.7 Å². The molecule has 3 fully saturated rings. The molecule has 12 nitrogen and oxygen atoms in total. The minimum atomic E-state index is -0.604. The van der Waals surface area contributed by atoms with E-state index in [2.05, 4.69) is 25.1 Å². The number of nitrogens with zero attached hydrogens (tertiary/aromatic N) is 7. The molecule has 0 aliphatic carbocycles. The average Bonchev–Trinajstić information content (AvgIpc) is 3.43. The number of aliphatic hydroxyl groups excluding tert-OH is 1. The highest BCUT2D eigenvalue weighted by Crippen LogP contribution is 2.31. The molecule has 1 unspecified atom stereocenters. The Morgan fingerprint density at radius 2 is 1.97 bits per heavy atom. The molecule has 2 aromatic rings. The zero-order chi connectivity index (χ0) is 23.7. The summed E-state index contributed by atoms with van der Waals surface area (Å²) in [5.41, 5.74) is 6.44. The molecule has 5 heterocycles. The summed E-state index contributed by atoms with van der Waals surface area (Å²) >= 11 is 0. The molecule has 34 heavy (non-hydrogen) atoms. The van der Waals surface area contributed by atoms with Gasteiger partial charge in [-0.15, -0.1) is 0 Å². The minimum absolute atomic E-state index is 0.0720. The summed E-state index contributed by atoms with van der Waals surface area (Å²) in [4.78, 5) is 36.3. The van der Waals surface area contributed by atoms with E-state index in [-0.39, 0.29) is 24.5 Å². The molecule has 0 aromatic carbocycles. The number of amides is 1. The fourth-order valence-corrected chi connectivity index (χ4v) is 4.88. The lowest BCUT2D eigenvalue weighted by atomic mass is 9.99. The van der Waals surface area contributed by atoms with Crippen molar-refractivity contribution in [1.82, 2.24) is 29.7 Å². The van der Waals surface area contributed by atoms with Gasteiger partial charge in [-0.2, -0.15) is 4.98 Å². The second kappa shape index (κ2) is 9.28. The van der Waals surface area contributed by atoms with Gasteiger partial charge in [0.2, 0.25) is 17.8 Å². The Morgan fingerprint density at radius 3 is 2.65 bits per heavy atom. The van der Waals surface area contributed by atoms with Crippen molar-refractivity contribution in [3.8, 4) is 11.3 Å². The van der Waals surface area contributed by atoms with Crippen molar-refractivity contribution in [2.24, 2.45) is 0 Å². The van der Waals surface area contributed by atoms with Gasteiger partial charge in [0.05, 0.1) is 37.1 Å². The van der Waals surface area contributed by atoms with Crippen molar-refractivity contribution in [2.45, 2.75) is 24.4 Å². The predicted molar refractivity (Wildman–Crippen MR) is 126 cm³/mol. The van der Waals surface area contributed by atoms with Crippen molar-refractivity contribution in [3.05, 3.63) is 18.5 Å². The molecular formula is C22H31N9O3. The van der Waals surface area contributed by atoms with Gasteiger partial charge in [0.15, 0.2) is 0 Å². The van der Waals surface area contributed by atoms with Gasteiger partial charge in [0.25, 0.3) is 0 Å². The number of anilines is 3. The molecule has 3 saturated heterocycles. The number of rotatable bonds is 6. The van der Waals surface area contributed by atoms with Crippen LogP contribution in [-0.2, 0) is 9.53 Å². The summed E-state index contributed by atoms with van der Waals surface area (Å²) in [6.07, 6.45) is 4.79. The molecule has 2 aromatic heterocycles. The first-order chi connectivity index (χ1) is 16.5. The van der Waals surface area contributed by atoms with Crippen molar-refractivity contribution in [2.75, 3.05) is 75.5 Å². The lowest BCUT2D eigenvalue weighted by molar-refractivity contribution is -0.130. The van der Waals surface area contributed by atoms with E-state index in [1.165, 1.54) is 0 Å². The first kappa shape index (κ1) is 22.7. The quantitative estimate of drug-likeness (QED) is 0.500. The minimum Gasteiger partial charge on any atom is -0.394 e. The molecule has 4 N–H and O–H groups in total. The number of nitrogens with two attached hydrogens (primary N) is 1. The number of aliphatic hydroxyl groups is 1. The van der Waals surface area contributed by atoms with Gasteiger partial charge in [-0.05, 0) is 12.8 Å². The van der Waals surface area contributed by atoms with Crippen LogP contribution in [0.1, 0.15) is 12.8 Å². The SMILES string of the molecule is CN1CCC(N2CC[C@](CO)(Nc3cc(-c4cnc(N)nc4)nc(N4CCOCC4)n3)C2)C1=O. The van der Waals surface area contributed by atoms with E-state index in [9.17, 15) is 9.90 Å². The molecular weight excluding hydrogens is 438 g/mol. The summed E-state index contributed by atoms with van der Waals surface area (Å²) in [5, 5.41) is 13.9. The van der Waals surface area contributed by atoms with Crippen LogP contribution in [0.15, 0.2) is 18.5 Å². The highest BCUT2D eigenvalue weighted by molar-refractivity contribution is 5.83. The van der Waals surface area contributed by atoms with Crippen molar-refractivity contribution < 1.29 is 14.6 Å². The molecule has 5 rings (SSSR count). The van der Waals surface area contributed by atoms with E-state index in [1.807, 2.05) is 13.1 Å². The van der Waals surface area contributed by atoms with E-state index in [0.717, 1.165) is 25.1 Å². The zero-order valence-corrected chi connectivity index (χ0v) is 19.4. The number of nitrogens with one attached hydrogen (secondary N) is 1. The van der Waals surface area contributed by atoms with Crippen LogP contribution >= 0.6 is 0 Å². The lowest BCUT2D eigenvalue weighted by Gasteiger charge is -2.32. The summed E-state index contributed by atoms with van der Waals surface area (Å²) < 4.78 is 5.48. The van der Waals surface area contributed by atoms with Gasteiger partial charge in [-0.25, -0.2) is 15.0 Å². The number of aromatic nitrogens is 4. The number of hydrogen-bond acceptors (Lipinski definition) is 11. The van der Waals surface area contributed by atoms with Gasteiger partial charge in [-0.1, -0.05) is 0 Å². The molecule has 12 heteroatoms. The maximum Gasteiger partial charge on any atom is 0.239 e. The number of hydrogen-bond donors (Lipinski definition) is 3. The molecule has 2 atom stereocenters. The average molecular weight is 470 g/mol. The van der Waals surface area contributed by atoms with E-state index in [4.69, 9.17) is 20.4 Å². The third-order valence-corrected chi connectivity index (χ3v) is 6.90. The van der Waals surface area contributed by atoms with Crippen LogP contribution in [0.25, 0.3) is 11.3 Å². The van der Waals surface area contributed by atoms with Crippen LogP contribution in [-0.4, -0.2) is 112 Å². The Kier molecular flexibility index (Phi) is 6.19. The molecule has 0 radical (unpaired) electrons. The molecule has 1 amide bonds. The Morgan fingerprint density at radius 1 is 1.21 bits per heavy atom. The second-order valence-electron chi connectivity index (χ2n) is 9.22. The standard InChI is InChI=1S/C22H31N9O3/c1-29-4-2-17(19(29)33)31-5-3-22(13-31,14-32)28-18-10-16(15-11-24-20(23)25-12-15)26-21(27-18)30-6-8-34-9-7-30/h10-12,17,32H,2-9,13-14H2,1H3,(H2,23,24,25)(H,26,27,28)/t17?,22-/m0/s1. The molecule has 182 valence electrons. The fourth-order valence-electron chi connectivity index (χ4n) is 4.88. The topological polar surface area (TPSA) is 146 Å². The number of ether oxygens (including phenoxy) is 1. The maximum atomic E-state index is 12.5. The second-order valence-corrected chi connectivity index (χ2v) is 9.22. The van der Waals surface area contributed by atoms with Crippen molar-refractivity contribution in [1.29, 1.82) is 0 Å². The summed E-state index contributed by atoms with van der Waals surface area (Å²) in [6.45, 7) is 4.60. The summed E-state index contributed by atoms with van der Waals surface area (Å²) in [5.74, 6) is 1.53. The van der Waals surface area contributed by atoms with E-state index >= 15 is 0 Å². The van der Waals surface area contributed by atoms with Gasteiger partial charge >= 0.3 is 0 Å². The number of carbonyl (C=O) groups excluding carboxylic acids is 1. The number of carbonyl (C=O) groups is 1. The predicted octanol–water partition coefficient (Wildman–Crippen LogP) is -0.568. The van der Waals surface area contributed by atoms with E-state index in [1.54, 1.807) is 17.3 Å². The molecule has 0 saturated carbocycles. The molecule has 0 bridgehead atoms. The van der Waals surface area contributed by atoms with E-state index < -0.39 is 5.54 Å². The third kappa shape index (κ3) is 4.48. The molecule has 0 spiro atoms. The molecule has 3 aliphatic heterocycles. The smallest absolute Gasteiger partial charge is 0.239 e. The lowest BCUT2D eigenvalue weighted by Crippen LogP contribution is -2.48. The summed E-state index contributed by atoms with van der Waals surface area (Å²) in [6, 6.07) is 1.71. The molecule has 3 aliphatic rings. The Bertz CT molecular complexity index is 1030. The Balaban J connectivity index is 1.43. The highest BCUT2D eigenvalue weighted by atomic mass is 16.5. The van der Waals surface area contributed by atoms with Crippen LogP contribution in [0.5, 0.6) is 0 Å². The van der Waals surface area contributed by atoms with Gasteiger partial charge in [0.1, 0.15) is 5.82 Å². The monoisotopic (exact) mass is 469 g/mol. The number of likely N-dealkylation sites (N-methyl/N-ethyl adjacent to an activating group) is 1. The largest absolute Gasteiger partial charge is 0.394 e.